The third kappa shape index (κ3) is 8.81. The lowest BCUT2D eigenvalue weighted by Crippen LogP contribution is -2.46. The highest BCUT2D eigenvalue weighted by Crippen LogP contribution is 2.57. The molecule has 2 aromatic carbocycles. The van der Waals surface area contributed by atoms with E-state index in [2.05, 4.69) is 5.32 Å². The van der Waals surface area contributed by atoms with Crippen molar-refractivity contribution in [2.45, 2.75) is 90.5 Å². The number of carbonyl (C=O) groups is 3. The molecule has 3 aliphatic rings. The standard InChI is InChI=1S/C41H56N2O12S/c1-19-13-12-14-20(2)40(51)42-30-34(48)28-27(35(49)38(30)56-18-16-43(9)10)29-37(24(6)33(28)47)55-41(8,39(29)50)53-17-15-26(52-11)21(3)36(54-25(7)44)23(5)32(46)22(4)31(19)45/h12-15,17,19,21-23,26,31-32,36,45-49H,16,18H2,1-11H3,(H,42,51)/b13-12+,17-15+,20-14-. The molecule has 14 nitrogen and oxygen atoms in total. The van der Waals surface area contributed by atoms with Gasteiger partial charge in [-0.1, -0.05) is 45.9 Å². The largest absolute Gasteiger partial charge is 0.507 e. The molecule has 0 spiro atoms. The van der Waals surface area contributed by atoms with Gasteiger partial charge in [0.1, 0.15) is 29.0 Å². The number of nitrogens with zero attached hydrogens (tertiary/aromatic N) is 1. The molecule has 1 amide bonds. The van der Waals surface area contributed by atoms with Crippen LogP contribution in [0.15, 0.2) is 41.0 Å². The predicted octanol–water partition coefficient (Wildman–Crippen LogP) is 5.41. The Bertz CT molecular complexity index is 1930. The summed E-state index contributed by atoms with van der Waals surface area (Å²) >= 11 is 1.13. The van der Waals surface area contributed by atoms with Crippen molar-refractivity contribution >= 4 is 45.9 Å². The van der Waals surface area contributed by atoms with Crippen LogP contribution in [0.2, 0.25) is 0 Å². The minimum Gasteiger partial charge on any atom is -0.507 e. The molecule has 56 heavy (non-hydrogen) atoms. The highest BCUT2D eigenvalue weighted by molar-refractivity contribution is 7.99. The molecule has 0 aliphatic carbocycles. The zero-order valence-electron chi connectivity index (χ0n) is 33.9. The molecule has 15 heteroatoms. The number of anilines is 1. The van der Waals surface area contributed by atoms with E-state index in [-0.39, 0.29) is 43.8 Å². The Morgan fingerprint density at radius 2 is 1.62 bits per heavy atom. The molecule has 5 bridgehead atoms. The lowest BCUT2D eigenvalue weighted by Gasteiger charge is -2.38. The molecule has 0 fully saturated rings. The first-order valence-corrected chi connectivity index (χ1v) is 19.5. The van der Waals surface area contributed by atoms with Crippen LogP contribution in [-0.2, 0) is 23.8 Å². The Morgan fingerprint density at radius 3 is 2.23 bits per heavy atom. The fourth-order valence-corrected chi connectivity index (χ4v) is 8.36. The predicted molar refractivity (Wildman–Crippen MR) is 213 cm³/mol. The number of amides is 1. The van der Waals surface area contributed by atoms with E-state index in [1.807, 2.05) is 19.0 Å². The number of aliphatic hydroxyl groups excluding tert-OH is 2. The quantitative estimate of drug-likeness (QED) is 0.0937. The molecule has 0 aromatic heterocycles. The minimum absolute atomic E-state index is 0.0634. The Hall–Kier alpha value is -4.28. The van der Waals surface area contributed by atoms with E-state index in [4.69, 9.17) is 18.9 Å². The number of carbonyl (C=O) groups excluding carboxylic acids is 3. The van der Waals surface area contributed by atoms with Crippen molar-refractivity contribution in [3.63, 3.8) is 0 Å². The summed E-state index contributed by atoms with van der Waals surface area (Å²) in [6.07, 6.45) is 3.67. The summed E-state index contributed by atoms with van der Waals surface area (Å²) in [5, 5.41) is 60.3. The molecule has 6 N–H and O–H groups in total. The van der Waals surface area contributed by atoms with Crippen LogP contribution >= 0.6 is 11.8 Å². The van der Waals surface area contributed by atoms with E-state index in [1.165, 1.54) is 46.3 Å². The van der Waals surface area contributed by atoms with Gasteiger partial charge in [-0.05, 0) is 34.0 Å². The van der Waals surface area contributed by atoms with Crippen LogP contribution in [0.5, 0.6) is 23.0 Å². The number of ketones is 1. The van der Waals surface area contributed by atoms with E-state index in [0.717, 1.165) is 11.8 Å². The van der Waals surface area contributed by atoms with Gasteiger partial charge < -0.3 is 54.7 Å². The lowest BCUT2D eigenvalue weighted by atomic mass is 9.78. The number of fused-ring (bicyclic) bond motifs is 14. The van der Waals surface area contributed by atoms with Crippen LogP contribution in [0.1, 0.15) is 64.4 Å². The molecule has 3 heterocycles. The van der Waals surface area contributed by atoms with Crippen LogP contribution in [-0.4, -0.2) is 112 Å². The monoisotopic (exact) mass is 800 g/mol. The smallest absolute Gasteiger partial charge is 0.312 e. The number of allylic oxidation sites excluding steroid dienone is 2. The van der Waals surface area contributed by atoms with Crippen LogP contribution < -0.4 is 10.1 Å². The van der Waals surface area contributed by atoms with Crippen molar-refractivity contribution < 1.29 is 58.9 Å². The maximum Gasteiger partial charge on any atom is 0.312 e. The third-order valence-corrected chi connectivity index (χ3v) is 11.8. The topological polar surface area (TPSA) is 205 Å². The first-order chi connectivity index (χ1) is 26.2. The van der Waals surface area contributed by atoms with Gasteiger partial charge in [0.15, 0.2) is 5.75 Å². The Kier molecular flexibility index (Phi) is 14.2. The van der Waals surface area contributed by atoms with Crippen LogP contribution in [0.4, 0.5) is 5.69 Å². The summed E-state index contributed by atoms with van der Waals surface area (Å²) in [4.78, 5) is 42.2. The van der Waals surface area contributed by atoms with E-state index in [0.29, 0.717) is 12.3 Å². The van der Waals surface area contributed by atoms with Gasteiger partial charge in [0.25, 0.3) is 11.7 Å². The summed E-state index contributed by atoms with van der Waals surface area (Å²) in [6.45, 7) is 13.1. The number of esters is 1. The van der Waals surface area contributed by atoms with Gasteiger partial charge in [-0.2, -0.15) is 0 Å². The Morgan fingerprint density at radius 1 is 0.964 bits per heavy atom. The number of methoxy groups -OCH3 is 1. The number of ether oxygens (including phenoxy) is 4. The molecule has 308 valence electrons. The van der Waals surface area contributed by atoms with E-state index >= 15 is 0 Å². The maximum absolute atomic E-state index is 14.3. The van der Waals surface area contributed by atoms with Crippen molar-refractivity contribution in [1.82, 2.24) is 4.90 Å². The second-order valence-electron chi connectivity index (χ2n) is 15.2. The van der Waals surface area contributed by atoms with Gasteiger partial charge in [0.2, 0.25) is 0 Å². The Balaban J connectivity index is 1.95. The first kappa shape index (κ1) is 44.4. The van der Waals surface area contributed by atoms with Gasteiger partial charge in [-0.3, -0.25) is 14.4 Å². The summed E-state index contributed by atoms with van der Waals surface area (Å²) in [6, 6.07) is 0. The van der Waals surface area contributed by atoms with Gasteiger partial charge >= 0.3 is 11.8 Å². The average Bonchev–Trinajstić information content (AvgIpc) is 3.41. The second-order valence-corrected chi connectivity index (χ2v) is 16.3. The number of hydrogen-bond donors (Lipinski definition) is 6. The van der Waals surface area contributed by atoms with Crippen molar-refractivity contribution in [3.05, 3.63) is 47.3 Å². The number of benzene rings is 2. The molecular weight excluding hydrogens is 745 g/mol. The number of aliphatic hydroxyl groups is 2. The number of Topliss-reactive ketones (excluding diaryl/α,β-unsaturated/α-hetero) is 1. The van der Waals surface area contributed by atoms with Crippen LogP contribution in [0.3, 0.4) is 0 Å². The number of aromatic hydroxyl groups is 3. The van der Waals surface area contributed by atoms with Gasteiger partial charge in [0.05, 0.1) is 40.4 Å². The maximum atomic E-state index is 14.3. The molecule has 2 aromatic rings. The lowest BCUT2D eigenvalue weighted by molar-refractivity contribution is -0.160. The normalized spacial score (nSPS) is 31.1. The highest BCUT2D eigenvalue weighted by Gasteiger charge is 2.50. The van der Waals surface area contributed by atoms with Crippen molar-refractivity contribution in [2.75, 3.05) is 38.8 Å². The number of phenols is 3. The molecule has 5 rings (SSSR count). The van der Waals surface area contributed by atoms with E-state index in [1.54, 1.807) is 46.8 Å². The minimum atomic E-state index is -2.01. The number of rotatable bonds is 6. The zero-order valence-corrected chi connectivity index (χ0v) is 34.7. The molecular formula is C41H56N2O12S. The van der Waals surface area contributed by atoms with Crippen molar-refractivity contribution in [1.29, 1.82) is 0 Å². The molecule has 0 saturated heterocycles. The highest BCUT2D eigenvalue weighted by atomic mass is 32.2. The van der Waals surface area contributed by atoms with Crippen molar-refractivity contribution in [2.24, 2.45) is 23.7 Å². The summed E-state index contributed by atoms with van der Waals surface area (Å²) in [7, 11) is 5.17. The zero-order chi connectivity index (χ0) is 42.0. The van der Waals surface area contributed by atoms with Crippen molar-refractivity contribution in [3.8, 4) is 23.0 Å². The number of hydrogen-bond acceptors (Lipinski definition) is 14. The van der Waals surface area contributed by atoms with Crippen LogP contribution in [0, 0.1) is 30.6 Å². The van der Waals surface area contributed by atoms with Gasteiger partial charge in [0, 0.05) is 73.4 Å². The first-order valence-electron chi connectivity index (χ1n) is 18.5. The number of phenolic OH excluding ortho intramolecular Hbond substituents is 3. The SMILES string of the molecule is COC1/C=C/OC2(C)Oc3c(C)c(O)c4c(O)c(c(SCCN(C)C)c(O)c4c3C2=O)NC(=O)/C(C)=C\C=C\C(C)C(O)C(C)C(O)C(C)C(OC(C)=O)C1C. The molecule has 9 atom stereocenters. The number of thioether (sulfide) groups is 1. The molecule has 0 radical (unpaired) electrons. The Labute approximate surface area is 332 Å². The second kappa shape index (κ2) is 17.9. The van der Waals surface area contributed by atoms with Gasteiger partial charge in [-0.15, -0.1) is 11.8 Å². The molecule has 9 unspecified atom stereocenters. The average molecular weight is 801 g/mol. The van der Waals surface area contributed by atoms with E-state index < -0.39 is 88.8 Å². The van der Waals surface area contributed by atoms with Gasteiger partial charge in [-0.25, -0.2) is 0 Å². The van der Waals surface area contributed by atoms with E-state index in [9.17, 15) is 39.9 Å². The summed E-state index contributed by atoms with van der Waals surface area (Å²) in [5.74, 6) is -7.55. The molecule has 0 saturated carbocycles. The third-order valence-electron chi connectivity index (χ3n) is 10.7. The number of nitrogens with one attached hydrogen (secondary N) is 1. The summed E-state index contributed by atoms with van der Waals surface area (Å²) < 4.78 is 23.5. The fraction of sp³-hybridized carbons (Fsp3) is 0.537. The van der Waals surface area contributed by atoms with Crippen LogP contribution in [0.25, 0.3) is 10.8 Å². The fourth-order valence-electron chi connectivity index (χ4n) is 7.17. The summed E-state index contributed by atoms with van der Waals surface area (Å²) in [5.41, 5.74) is -0.0195. The molecule has 3 aliphatic heterocycles.